The highest BCUT2D eigenvalue weighted by atomic mass is 32.1. The van der Waals surface area contributed by atoms with E-state index >= 15 is 0 Å². The number of para-hydroxylation sites is 1. The second-order valence-corrected chi connectivity index (χ2v) is 8.44. The Balaban J connectivity index is 1.47. The smallest absolute Gasteiger partial charge is 0.339 e. The van der Waals surface area contributed by atoms with E-state index in [-0.39, 0.29) is 6.54 Å². The van der Waals surface area contributed by atoms with Gasteiger partial charge in [0.2, 0.25) is 0 Å². The van der Waals surface area contributed by atoms with Crippen molar-refractivity contribution in [3.8, 4) is 16.3 Å². The molecule has 0 unspecified atom stereocenters. The third-order valence-electron chi connectivity index (χ3n) is 5.18. The summed E-state index contributed by atoms with van der Waals surface area (Å²) in [5.41, 5.74) is 2.95. The average molecular weight is 473 g/mol. The first kappa shape index (κ1) is 21.6. The van der Waals surface area contributed by atoms with Crippen LogP contribution in [-0.2, 0) is 16.1 Å². The highest BCUT2D eigenvalue weighted by molar-refractivity contribution is 7.13. The highest BCUT2D eigenvalue weighted by Crippen LogP contribution is 2.31. The minimum atomic E-state index is -0.617. The number of carbonyl (C=O) groups excluding carboxylic acids is 2. The lowest BCUT2D eigenvalue weighted by atomic mass is 10.1. The van der Waals surface area contributed by atoms with E-state index in [4.69, 9.17) is 14.1 Å². The van der Waals surface area contributed by atoms with Gasteiger partial charge >= 0.3 is 5.97 Å². The largest absolute Gasteiger partial charge is 0.467 e. The number of hydrogen-bond acceptors (Lipinski definition) is 7. The van der Waals surface area contributed by atoms with Crippen LogP contribution in [0.3, 0.4) is 0 Å². The van der Waals surface area contributed by atoms with Gasteiger partial charge in [0, 0.05) is 0 Å². The maximum Gasteiger partial charge on any atom is 0.339 e. The highest BCUT2D eigenvalue weighted by Gasteiger charge is 2.22. The molecule has 34 heavy (non-hydrogen) atoms. The summed E-state index contributed by atoms with van der Waals surface area (Å²) in [7, 11) is 0. The third kappa shape index (κ3) is 4.33. The molecule has 1 amide bonds. The molecule has 0 atom stereocenters. The minimum Gasteiger partial charge on any atom is -0.467 e. The van der Waals surface area contributed by atoms with Crippen LogP contribution in [0.25, 0.3) is 27.3 Å². The van der Waals surface area contributed by atoms with Gasteiger partial charge in [-0.15, -0.1) is 11.3 Å². The Kier molecular flexibility index (Phi) is 5.92. The first-order valence-electron chi connectivity index (χ1n) is 10.6. The Morgan fingerprint density at radius 2 is 1.97 bits per heavy atom. The lowest BCUT2D eigenvalue weighted by molar-refractivity contribution is -0.124. The molecule has 9 heteroatoms. The summed E-state index contributed by atoms with van der Waals surface area (Å²) in [5.74, 6) is -0.431. The van der Waals surface area contributed by atoms with Gasteiger partial charge in [-0.2, -0.15) is 5.10 Å². The molecule has 170 valence electrons. The van der Waals surface area contributed by atoms with Crippen LogP contribution < -0.4 is 5.32 Å². The quantitative estimate of drug-likeness (QED) is 0.350. The minimum absolute atomic E-state index is 0.217. The van der Waals surface area contributed by atoms with E-state index in [0.717, 1.165) is 10.6 Å². The Hall–Kier alpha value is -4.24. The molecule has 0 radical (unpaired) electrons. The van der Waals surface area contributed by atoms with E-state index in [9.17, 15) is 9.59 Å². The number of amides is 1. The fraction of sp³-hybridized carbons (Fsp3) is 0.120. The summed E-state index contributed by atoms with van der Waals surface area (Å²) in [4.78, 5) is 31.1. The molecule has 5 aromatic rings. The number of benzene rings is 1. The van der Waals surface area contributed by atoms with Gasteiger partial charge in [-0.25, -0.2) is 14.5 Å². The Bertz CT molecular complexity index is 1440. The van der Waals surface area contributed by atoms with E-state index in [1.54, 1.807) is 22.9 Å². The average Bonchev–Trinajstić information content (AvgIpc) is 3.63. The number of carbonyl (C=O) groups is 2. The summed E-state index contributed by atoms with van der Waals surface area (Å²) in [6.07, 6.45) is 1.53. The lowest BCUT2D eigenvalue weighted by Gasteiger charge is -2.09. The maximum absolute atomic E-state index is 13.1. The molecule has 0 saturated carbocycles. The normalized spacial score (nSPS) is 11.0. The summed E-state index contributed by atoms with van der Waals surface area (Å²) in [6.45, 7) is 1.62. The molecule has 1 aromatic carbocycles. The molecule has 0 spiro atoms. The zero-order valence-corrected chi connectivity index (χ0v) is 19.0. The van der Waals surface area contributed by atoms with Gasteiger partial charge in [0.15, 0.2) is 12.3 Å². The number of hydrogen-bond donors (Lipinski definition) is 1. The Morgan fingerprint density at radius 3 is 2.71 bits per heavy atom. The van der Waals surface area contributed by atoms with Crippen molar-refractivity contribution >= 4 is 34.2 Å². The number of nitrogens with zero attached hydrogens (tertiary/aromatic N) is 3. The first-order valence-corrected chi connectivity index (χ1v) is 11.4. The number of fused-ring (bicyclic) bond motifs is 1. The van der Waals surface area contributed by atoms with Crippen molar-refractivity contribution in [3.63, 3.8) is 0 Å². The van der Waals surface area contributed by atoms with Crippen molar-refractivity contribution in [2.24, 2.45) is 0 Å². The summed E-state index contributed by atoms with van der Waals surface area (Å²) in [5, 5.41) is 9.84. The standard InChI is InChI=1S/C25H20N4O4S/c1-16-23-19(25(31)33-15-22(30)26-14-18-9-5-11-32-18)13-20(21-10-6-12-34-21)27-24(23)29(28-16)17-7-3-2-4-8-17/h2-13H,14-15H2,1H3,(H,26,30). The van der Waals surface area contributed by atoms with Crippen molar-refractivity contribution in [1.82, 2.24) is 20.1 Å². The fourth-order valence-electron chi connectivity index (χ4n) is 3.61. The van der Waals surface area contributed by atoms with E-state index in [0.29, 0.717) is 33.7 Å². The van der Waals surface area contributed by atoms with Gasteiger partial charge < -0.3 is 14.5 Å². The predicted octanol–water partition coefficient (Wildman–Crippen LogP) is 4.52. The van der Waals surface area contributed by atoms with Crippen LogP contribution >= 0.6 is 11.3 Å². The molecule has 0 saturated heterocycles. The number of aromatic nitrogens is 3. The van der Waals surface area contributed by atoms with Crippen LogP contribution in [0.4, 0.5) is 0 Å². The van der Waals surface area contributed by atoms with Gasteiger partial charge in [-0.3, -0.25) is 4.79 Å². The maximum atomic E-state index is 13.1. The molecule has 4 heterocycles. The molecule has 0 bridgehead atoms. The number of rotatable bonds is 7. The van der Waals surface area contributed by atoms with Gasteiger partial charge in [-0.05, 0) is 48.7 Å². The van der Waals surface area contributed by atoms with Crippen LogP contribution in [0.5, 0.6) is 0 Å². The molecule has 0 aliphatic carbocycles. The second kappa shape index (κ2) is 9.32. The van der Waals surface area contributed by atoms with Crippen LogP contribution in [0.15, 0.2) is 76.7 Å². The van der Waals surface area contributed by atoms with Crippen molar-refractivity contribution in [2.45, 2.75) is 13.5 Å². The molecule has 0 aliphatic heterocycles. The number of esters is 1. The number of aryl methyl sites for hydroxylation is 1. The van der Waals surface area contributed by atoms with Crippen LogP contribution in [-0.4, -0.2) is 33.2 Å². The number of pyridine rings is 1. The van der Waals surface area contributed by atoms with Crippen molar-refractivity contribution in [2.75, 3.05) is 6.61 Å². The van der Waals surface area contributed by atoms with Crippen molar-refractivity contribution in [3.05, 3.63) is 89.3 Å². The van der Waals surface area contributed by atoms with E-state index in [2.05, 4.69) is 10.4 Å². The molecule has 5 rings (SSSR count). The number of nitrogens with one attached hydrogen (secondary N) is 1. The van der Waals surface area contributed by atoms with Crippen LogP contribution in [0, 0.1) is 6.92 Å². The fourth-order valence-corrected chi connectivity index (χ4v) is 4.29. The number of thiophene rings is 1. The number of furan rings is 1. The van der Waals surface area contributed by atoms with E-state index in [1.807, 2.05) is 54.8 Å². The van der Waals surface area contributed by atoms with E-state index in [1.165, 1.54) is 17.6 Å². The Labute approximate surface area is 198 Å². The Morgan fingerprint density at radius 1 is 1.12 bits per heavy atom. The molecular weight excluding hydrogens is 452 g/mol. The van der Waals surface area contributed by atoms with Gasteiger partial charge in [0.25, 0.3) is 5.91 Å². The second-order valence-electron chi connectivity index (χ2n) is 7.50. The van der Waals surface area contributed by atoms with Crippen LogP contribution in [0.1, 0.15) is 21.8 Å². The van der Waals surface area contributed by atoms with Crippen molar-refractivity contribution < 1.29 is 18.7 Å². The number of ether oxygens (including phenoxy) is 1. The topological polar surface area (TPSA) is 99.3 Å². The van der Waals surface area contributed by atoms with Gasteiger partial charge in [0.05, 0.1) is 45.7 Å². The predicted molar refractivity (Wildman–Crippen MR) is 128 cm³/mol. The van der Waals surface area contributed by atoms with Gasteiger partial charge in [-0.1, -0.05) is 24.3 Å². The van der Waals surface area contributed by atoms with Gasteiger partial charge in [0.1, 0.15) is 5.76 Å². The molecule has 4 aromatic heterocycles. The first-order chi connectivity index (χ1) is 16.6. The monoisotopic (exact) mass is 472 g/mol. The van der Waals surface area contributed by atoms with Crippen molar-refractivity contribution in [1.29, 1.82) is 0 Å². The summed E-state index contributed by atoms with van der Waals surface area (Å²) in [6, 6.07) is 18.6. The molecule has 0 fully saturated rings. The summed E-state index contributed by atoms with van der Waals surface area (Å²) >= 11 is 1.52. The SMILES string of the molecule is Cc1nn(-c2ccccc2)c2nc(-c3cccs3)cc(C(=O)OCC(=O)NCc3ccco3)c12. The molecule has 0 aliphatic rings. The third-order valence-corrected chi connectivity index (χ3v) is 6.07. The van der Waals surface area contributed by atoms with E-state index < -0.39 is 18.5 Å². The lowest BCUT2D eigenvalue weighted by Crippen LogP contribution is -2.28. The van der Waals surface area contributed by atoms with Crippen LogP contribution in [0.2, 0.25) is 0 Å². The molecular formula is C25H20N4O4S. The summed E-state index contributed by atoms with van der Waals surface area (Å²) < 4.78 is 12.3. The molecule has 8 nitrogen and oxygen atoms in total. The molecule has 1 N–H and O–H groups in total. The zero-order valence-electron chi connectivity index (χ0n) is 18.2. The zero-order chi connectivity index (χ0) is 23.5.